The van der Waals surface area contributed by atoms with Crippen molar-refractivity contribution in [2.45, 2.75) is 148 Å². The Balaban J connectivity index is 2.02. The van der Waals surface area contributed by atoms with Crippen molar-refractivity contribution >= 4 is 25.4 Å². The van der Waals surface area contributed by atoms with Crippen LogP contribution in [0.4, 0.5) is 0 Å². The van der Waals surface area contributed by atoms with Gasteiger partial charge in [-0.1, -0.05) is 116 Å². The summed E-state index contributed by atoms with van der Waals surface area (Å²) < 4.78 is 12.4. The van der Waals surface area contributed by atoms with Gasteiger partial charge in [-0.2, -0.15) is 0 Å². The lowest BCUT2D eigenvalue weighted by Crippen LogP contribution is -2.47. The lowest BCUT2D eigenvalue weighted by Gasteiger charge is -2.31. The SMILES string of the molecule is CCCCCCCCCCCCC1CCO[Si](C)(CCCSC(=O)CCCCCCC)ONC1. The molecule has 4 nitrogen and oxygen atoms in total. The first kappa shape index (κ1) is 32.1. The van der Waals surface area contributed by atoms with E-state index in [9.17, 15) is 4.79 Å². The van der Waals surface area contributed by atoms with Crippen LogP contribution in [-0.4, -0.2) is 32.6 Å². The molecule has 1 N–H and O–H groups in total. The highest BCUT2D eigenvalue weighted by molar-refractivity contribution is 8.13. The fourth-order valence-corrected chi connectivity index (χ4v) is 7.82. The summed E-state index contributed by atoms with van der Waals surface area (Å²) in [6, 6.07) is 0.958. The van der Waals surface area contributed by atoms with Crippen molar-refractivity contribution in [3.8, 4) is 0 Å². The summed E-state index contributed by atoms with van der Waals surface area (Å²) in [5, 5.41) is 0.357. The van der Waals surface area contributed by atoms with Gasteiger partial charge in [-0.3, -0.25) is 4.79 Å². The van der Waals surface area contributed by atoms with Crippen LogP contribution in [0.3, 0.4) is 0 Å². The average Bonchev–Trinajstić information content (AvgIpc) is 2.81. The van der Waals surface area contributed by atoms with E-state index < -0.39 is 8.56 Å². The molecule has 0 aromatic rings. The molecule has 0 radical (unpaired) electrons. The van der Waals surface area contributed by atoms with E-state index in [2.05, 4.69) is 25.9 Å². The van der Waals surface area contributed by atoms with Gasteiger partial charge in [-0.25, -0.2) is 5.48 Å². The van der Waals surface area contributed by atoms with E-state index in [1.165, 1.54) is 108 Å². The molecule has 6 heteroatoms. The maximum atomic E-state index is 12.1. The minimum absolute atomic E-state index is 0.357. The predicted molar refractivity (Wildman–Crippen MR) is 151 cm³/mol. The van der Waals surface area contributed by atoms with Crippen LogP contribution in [-0.2, 0) is 13.7 Å². The van der Waals surface area contributed by atoms with Crippen molar-refractivity contribution in [2.24, 2.45) is 5.92 Å². The summed E-state index contributed by atoms with van der Waals surface area (Å²) in [4.78, 5) is 12.1. The zero-order valence-electron chi connectivity index (χ0n) is 23.0. The number of hydroxylamine groups is 1. The second kappa shape index (κ2) is 22.3. The summed E-state index contributed by atoms with van der Waals surface area (Å²) in [6.45, 7) is 8.46. The van der Waals surface area contributed by atoms with Crippen LogP contribution in [0.15, 0.2) is 0 Å². The quantitative estimate of drug-likeness (QED) is 0.122. The van der Waals surface area contributed by atoms with Gasteiger partial charge in [0.2, 0.25) is 0 Å². The Kier molecular flexibility index (Phi) is 21.1. The van der Waals surface area contributed by atoms with Crippen LogP contribution in [0.2, 0.25) is 12.6 Å². The number of hydrogen-bond acceptors (Lipinski definition) is 5. The molecule has 34 heavy (non-hydrogen) atoms. The van der Waals surface area contributed by atoms with Crippen molar-refractivity contribution < 1.29 is 13.7 Å². The Bertz CT molecular complexity index is 471. The molecule has 0 aliphatic carbocycles. The third-order valence-electron chi connectivity index (χ3n) is 7.08. The second-order valence-electron chi connectivity index (χ2n) is 10.5. The molecule has 202 valence electrons. The molecule has 0 aromatic heterocycles. The van der Waals surface area contributed by atoms with Crippen molar-refractivity contribution in [1.82, 2.24) is 5.48 Å². The molecule has 1 aliphatic heterocycles. The summed E-state index contributed by atoms with van der Waals surface area (Å²) in [6.07, 6.45) is 24.2. The summed E-state index contributed by atoms with van der Waals surface area (Å²) in [5.41, 5.74) is 3.27. The molecule has 2 unspecified atom stereocenters. The number of thioether (sulfide) groups is 1. The molecule has 0 aromatic carbocycles. The minimum atomic E-state index is -2.16. The van der Waals surface area contributed by atoms with E-state index in [1.807, 2.05) is 0 Å². The highest BCUT2D eigenvalue weighted by Crippen LogP contribution is 2.23. The largest absolute Gasteiger partial charge is 0.394 e. The fourth-order valence-electron chi connectivity index (χ4n) is 4.70. The Morgan fingerprint density at radius 3 is 2.09 bits per heavy atom. The molecule has 1 heterocycles. The molecule has 0 bridgehead atoms. The third-order valence-corrected chi connectivity index (χ3v) is 10.8. The summed E-state index contributed by atoms with van der Waals surface area (Å²) in [7, 11) is -2.16. The lowest BCUT2D eigenvalue weighted by molar-refractivity contribution is -0.111. The van der Waals surface area contributed by atoms with Gasteiger partial charge in [0.1, 0.15) is 0 Å². The molecular formula is C28H57NO3SSi. The number of carbonyl (C=O) groups excluding carboxylic acids is 1. The zero-order chi connectivity index (χ0) is 24.7. The minimum Gasteiger partial charge on any atom is -0.394 e. The number of carbonyl (C=O) groups is 1. The Hall–Kier alpha value is 0.117. The van der Waals surface area contributed by atoms with Crippen LogP contribution >= 0.6 is 11.8 Å². The summed E-state index contributed by atoms with van der Waals surface area (Å²) in [5.74, 6) is 1.56. The fraction of sp³-hybridized carbons (Fsp3) is 0.964. The van der Waals surface area contributed by atoms with E-state index in [1.54, 1.807) is 0 Å². The van der Waals surface area contributed by atoms with Gasteiger partial charge < -0.3 is 8.95 Å². The van der Waals surface area contributed by atoms with Gasteiger partial charge in [0.15, 0.2) is 5.12 Å². The van der Waals surface area contributed by atoms with Crippen LogP contribution in [0.1, 0.15) is 136 Å². The molecule has 0 amide bonds. The summed E-state index contributed by atoms with van der Waals surface area (Å²) >= 11 is 1.51. The molecule has 1 fully saturated rings. The molecule has 1 saturated heterocycles. The molecule has 2 atom stereocenters. The normalized spacial score (nSPS) is 21.3. The first-order chi connectivity index (χ1) is 16.6. The molecular weight excluding hydrogens is 458 g/mol. The van der Waals surface area contributed by atoms with E-state index >= 15 is 0 Å². The zero-order valence-corrected chi connectivity index (χ0v) is 24.8. The molecule has 1 rings (SSSR count). The monoisotopic (exact) mass is 515 g/mol. The standard InChI is InChI=1S/C28H57NO3SSi/c1-4-6-8-10-11-12-13-14-16-17-20-27-22-23-31-34(3,32-29-26-27)25-19-24-33-28(30)21-18-15-9-7-5-2/h27,29H,4-26H2,1-3H3. The average molecular weight is 516 g/mol. The lowest BCUT2D eigenvalue weighted by atomic mass is 9.97. The number of nitrogens with one attached hydrogen (secondary N) is 1. The van der Waals surface area contributed by atoms with Gasteiger partial charge in [0, 0.05) is 25.3 Å². The van der Waals surface area contributed by atoms with Crippen LogP contribution in [0, 0.1) is 5.92 Å². The number of rotatable bonds is 21. The van der Waals surface area contributed by atoms with E-state index in [0.29, 0.717) is 11.0 Å². The second-order valence-corrected chi connectivity index (χ2v) is 15.0. The first-order valence-electron chi connectivity index (χ1n) is 14.8. The number of unbranched alkanes of at least 4 members (excludes halogenated alkanes) is 13. The first-order valence-corrected chi connectivity index (χ1v) is 18.3. The van der Waals surface area contributed by atoms with Crippen molar-refractivity contribution in [3.63, 3.8) is 0 Å². The smallest absolute Gasteiger partial charge is 0.355 e. The number of hydrogen-bond donors (Lipinski definition) is 1. The van der Waals surface area contributed by atoms with Crippen LogP contribution in [0.25, 0.3) is 0 Å². The highest BCUT2D eigenvalue weighted by atomic mass is 32.2. The highest BCUT2D eigenvalue weighted by Gasteiger charge is 2.33. The van der Waals surface area contributed by atoms with E-state index in [4.69, 9.17) is 8.95 Å². The maximum absolute atomic E-state index is 12.1. The molecule has 0 saturated carbocycles. The van der Waals surface area contributed by atoms with Gasteiger partial charge in [-0.05, 0) is 44.2 Å². The van der Waals surface area contributed by atoms with Crippen molar-refractivity contribution in [3.05, 3.63) is 0 Å². The van der Waals surface area contributed by atoms with Gasteiger partial charge in [0.05, 0.1) is 0 Å². The Morgan fingerprint density at radius 1 is 0.853 bits per heavy atom. The topological polar surface area (TPSA) is 47.6 Å². The van der Waals surface area contributed by atoms with E-state index in [0.717, 1.165) is 50.6 Å². The molecule has 0 spiro atoms. The van der Waals surface area contributed by atoms with Gasteiger partial charge in [-0.15, -0.1) is 0 Å². The van der Waals surface area contributed by atoms with Crippen LogP contribution in [0.5, 0.6) is 0 Å². The maximum Gasteiger partial charge on any atom is 0.355 e. The third kappa shape index (κ3) is 18.4. The Morgan fingerprint density at radius 2 is 1.44 bits per heavy atom. The van der Waals surface area contributed by atoms with Gasteiger partial charge in [0.25, 0.3) is 0 Å². The van der Waals surface area contributed by atoms with Crippen molar-refractivity contribution in [1.29, 1.82) is 0 Å². The van der Waals surface area contributed by atoms with E-state index in [-0.39, 0.29) is 0 Å². The Labute approximate surface area is 217 Å². The molecule has 1 aliphatic rings. The van der Waals surface area contributed by atoms with Gasteiger partial charge >= 0.3 is 8.56 Å². The predicted octanol–water partition coefficient (Wildman–Crippen LogP) is 8.94. The van der Waals surface area contributed by atoms with Crippen molar-refractivity contribution in [2.75, 3.05) is 18.9 Å². The van der Waals surface area contributed by atoms with Crippen LogP contribution < -0.4 is 5.48 Å².